The number of aromatic nitrogens is 2. The van der Waals surface area contributed by atoms with E-state index in [1.165, 1.54) is 29.9 Å². The largest absolute Gasteiger partial charge is 0.292 e. The van der Waals surface area contributed by atoms with Gasteiger partial charge in [0.2, 0.25) is 5.78 Å². The molecule has 1 aliphatic heterocycles. The maximum Gasteiger partial charge on any atom is 0.266 e. The summed E-state index contributed by atoms with van der Waals surface area (Å²) < 4.78 is 25.5. The molecular formula is C16H17N3O5S. The smallest absolute Gasteiger partial charge is 0.266 e. The fourth-order valence-corrected chi connectivity index (χ4v) is 3.71. The van der Waals surface area contributed by atoms with Gasteiger partial charge < -0.3 is 0 Å². The van der Waals surface area contributed by atoms with Crippen molar-refractivity contribution in [3.63, 3.8) is 0 Å². The summed E-state index contributed by atoms with van der Waals surface area (Å²) in [6.07, 6.45) is 2.81. The molecule has 0 amide bonds. The van der Waals surface area contributed by atoms with Crippen LogP contribution in [0.1, 0.15) is 27.2 Å². The first-order valence-electron chi connectivity index (χ1n) is 7.43. The fourth-order valence-electron chi connectivity index (χ4n) is 2.77. The van der Waals surface area contributed by atoms with Crippen LogP contribution in [0.2, 0.25) is 0 Å². The van der Waals surface area contributed by atoms with Crippen LogP contribution in [0.25, 0.3) is 5.70 Å². The Kier molecular flexibility index (Phi) is 4.13. The van der Waals surface area contributed by atoms with Gasteiger partial charge in [-0.2, -0.15) is 0 Å². The highest BCUT2D eigenvalue weighted by atomic mass is 32.2. The molecule has 3 rings (SSSR count). The number of nitrogens with zero attached hydrogens (tertiary/aromatic N) is 1. The van der Waals surface area contributed by atoms with Gasteiger partial charge >= 0.3 is 0 Å². The molecule has 0 saturated heterocycles. The van der Waals surface area contributed by atoms with Gasteiger partial charge in [0.25, 0.3) is 5.56 Å². The minimum absolute atomic E-state index is 0.104. The number of carbonyl (C=O) groups is 1. The van der Waals surface area contributed by atoms with E-state index >= 15 is 0 Å². The lowest BCUT2D eigenvalue weighted by atomic mass is 9.96. The Morgan fingerprint density at radius 1 is 1.32 bits per heavy atom. The van der Waals surface area contributed by atoms with Crippen molar-refractivity contribution in [2.24, 2.45) is 7.05 Å². The second-order valence-electron chi connectivity index (χ2n) is 5.81. The summed E-state index contributed by atoms with van der Waals surface area (Å²) in [4.78, 5) is 29.5. The lowest BCUT2D eigenvalue weighted by Gasteiger charge is -2.15. The van der Waals surface area contributed by atoms with Gasteiger partial charge in [0, 0.05) is 30.5 Å². The van der Waals surface area contributed by atoms with Crippen LogP contribution in [0.4, 0.5) is 0 Å². The topological polar surface area (TPSA) is 110 Å². The second-order valence-corrected chi connectivity index (χ2v) is 7.79. The second kappa shape index (κ2) is 6.01. The van der Waals surface area contributed by atoms with Crippen LogP contribution < -0.4 is 11.0 Å². The minimum atomic E-state index is -3.51. The molecular weight excluding hydrogens is 346 g/mol. The molecule has 0 spiro atoms. The summed E-state index contributed by atoms with van der Waals surface area (Å²) in [5, 5.41) is 2.69. The number of carbonyl (C=O) groups excluding carboxylic acids is 1. The Balaban J connectivity index is 2.21. The van der Waals surface area contributed by atoms with E-state index in [0.29, 0.717) is 29.0 Å². The van der Waals surface area contributed by atoms with Crippen molar-refractivity contribution < 1.29 is 18.0 Å². The average Bonchev–Trinajstić information content (AvgIpc) is 3.16. The zero-order chi connectivity index (χ0) is 18.4. The van der Waals surface area contributed by atoms with Crippen molar-refractivity contribution in [3.8, 4) is 0 Å². The maximum absolute atomic E-state index is 12.8. The van der Waals surface area contributed by atoms with Crippen molar-refractivity contribution >= 4 is 21.3 Å². The van der Waals surface area contributed by atoms with Gasteiger partial charge in [0.05, 0.1) is 17.2 Å². The van der Waals surface area contributed by atoms with E-state index in [1.807, 2.05) is 0 Å². The molecule has 0 radical (unpaired) electrons. The standard InChI is InChI=1S/C16H17N3O5S/c1-9-10(16(21)12-8-14(20)19(2)17-12)4-5-13(25(3,22)23)15(9)11-6-7-24-18-11/h4-6,8,17-18H,7H2,1-3H3. The Morgan fingerprint density at radius 2 is 2.04 bits per heavy atom. The lowest BCUT2D eigenvalue weighted by Crippen LogP contribution is -2.14. The molecule has 0 fully saturated rings. The van der Waals surface area contributed by atoms with Gasteiger partial charge in [0.15, 0.2) is 9.84 Å². The molecule has 0 aliphatic carbocycles. The highest BCUT2D eigenvalue weighted by Gasteiger charge is 2.25. The number of ketones is 1. The first kappa shape index (κ1) is 17.2. The predicted molar refractivity (Wildman–Crippen MR) is 90.8 cm³/mol. The summed E-state index contributed by atoms with van der Waals surface area (Å²) in [5.41, 5.74) is 4.15. The van der Waals surface area contributed by atoms with Gasteiger partial charge in [-0.05, 0) is 30.7 Å². The quantitative estimate of drug-likeness (QED) is 0.767. The number of nitrogens with one attached hydrogen (secondary N) is 2. The molecule has 1 aromatic heterocycles. The Bertz CT molecular complexity index is 1060. The minimum Gasteiger partial charge on any atom is -0.292 e. The van der Waals surface area contributed by atoms with Crippen molar-refractivity contribution in [2.45, 2.75) is 11.8 Å². The Hall–Kier alpha value is -2.65. The number of rotatable bonds is 4. The highest BCUT2D eigenvalue weighted by molar-refractivity contribution is 7.90. The summed E-state index contributed by atoms with van der Waals surface area (Å²) in [6.45, 7) is 1.96. The number of aromatic amines is 1. The summed E-state index contributed by atoms with van der Waals surface area (Å²) in [6, 6.07) is 4.06. The van der Waals surface area contributed by atoms with Crippen LogP contribution in [0.3, 0.4) is 0 Å². The van der Waals surface area contributed by atoms with E-state index in [2.05, 4.69) is 10.6 Å². The summed E-state index contributed by atoms with van der Waals surface area (Å²) in [7, 11) is -2.00. The zero-order valence-electron chi connectivity index (χ0n) is 13.9. The number of sulfone groups is 1. The Labute approximate surface area is 144 Å². The van der Waals surface area contributed by atoms with Crippen molar-refractivity contribution in [3.05, 3.63) is 57.0 Å². The van der Waals surface area contributed by atoms with Crippen molar-refractivity contribution in [2.75, 3.05) is 12.9 Å². The first-order valence-corrected chi connectivity index (χ1v) is 9.32. The predicted octanol–water partition coefficient (Wildman–Crippen LogP) is 0.532. The molecule has 2 N–H and O–H groups in total. The average molecular weight is 363 g/mol. The van der Waals surface area contributed by atoms with E-state index in [9.17, 15) is 18.0 Å². The number of H-pyrrole nitrogens is 1. The molecule has 0 saturated carbocycles. The third-order valence-electron chi connectivity index (χ3n) is 4.02. The van der Waals surface area contributed by atoms with E-state index < -0.39 is 15.6 Å². The molecule has 0 atom stereocenters. The van der Waals surface area contributed by atoms with Gasteiger partial charge in [-0.1, -0.05) is 0 Å². The van der Waals surface area contributed by atoms with Crippen LogP contribution >= 0.6 is 0 Å². The number of aryl methyl sites for hydroxylation is 1. The molecule has 8 nitrogen and oxygen atoms in total. The normalized spacial score (nSPS) is 14.3. The van der Waals surface area contributed by atoms with Crippen LogP contribution in [0, 0.1) is 6.92 Å². The van der Waals surface area contributed by atoms with Crippen molar-refractivity contribution in [1.29, 1.82) is 0 Å². The molecule has 2 aromatic rings. The maximum atomic E-state index is 12.8. The van der Waals surface area contributed by atoms with Gasteiger partial charge in [-0.3, -0.25) is 29.7 Å². The van der Waals surface area contributed by atoms with E-state index in [0.717, 1.165) is 6.26 Å². The third-order valence-corrected chi connectivity index (χ3v) is 5.16. The van der Waals surface area contributed by atoms with E-state index in [1.54, 1.807) is 13.0 Å². The number of benzene rings is 1. The van der Waals surface area contributed by atoms with Crippen LogP contribution in [-0.2, 0) is 21.7 Å². The molecule has 9 heteroatoms. The summed E-state index contributed by atoms with van der Waals surface area (Å²) in [5.74, 6) is -0.393. The number of hydroxylamine groups is 1. The number of hydrogen-bond donors (Lipinski definition) is 2. The van der Waals surface area contributed by atoms with Crippen LogP contribution in [0.5, 0.6) is 0 Å². The summed E-state index contributed by atoms with van der Waals surface area (Å²) >= 11 is 0. The number of hydrogen-bond acceptors (Lipinski definition) is 6. The molecule has 0 unspecified atom stereocenters. The van der Waals surface area contributed by atoms with Gasteiger partial charge in [0.1, 0.15) is 5.69 Å². The van der Waals surface area contributed by atoms with Crippen molar-refractivity contribution in [1.82, 2.24) is 15.3 Å². The molecule has 1 aliphatic rings. The fraction of sp³-hybridized carbons (Fsp3) is 0.250. The van der Waals surface area contributed by atoms with E-state index in [-0.39, 0.29) is 16.1 Å². The lowest BCUT2D eigenvalue weighted by molar-refractivity contribution is 0.103. The third kappa shape index (κ3) is 3.03. The Morgan fingerprint density at radius 3 is 2.56 bits per heavy atom. The highest BCUT2D eigenvalue weighted by Crippen LogP contribution is 2.30. The molecule has 25 heavy (non-hydrogen) atoms. The van der Waals surface area contributed by atoms with E-state index in [4.69, 9.17) is 4.84 Å². The molecule has 132 valence electrons. The van der Waals surface area contributed by atoms with Gasteiger partial charge in [-0.15, -0.1) is 0 Å². The molecule has 1 aromatic carbocycles. The molecule has 0 bridgehead atoms. The first-order chi connectivity index (χ1) is 11.7. The monoisotopic (exact) mass is 363 g/mol. The van der Waals surface area contributed by atoms with Crippen LogP contribution in [-0.4, -0.2) is 36.8 Å². The van der Waals surface area contributed by atoms with Gasteiger partial charge in [-0.25, -0.2) is 8.42 Å². The van der Waals surface area contributed by atoms with Crippen LogP contribution in [0.15, 0.2) is 34.0 Å². The zero-order valence-corrected chi connectivity index (χ0v) is 14.7. The SMILES string of the molecule is Cc1c(C(=O)c2cc(=O)n(C)[nH]2)ccc(S(C)(=O)=O)c1C1=CCON1. The molecule has 2 heterocycles.